The van der Waals surface area contributed by atoms with Crippen LogP contribution in [-0.4, -0.2) is 37.4 Å². The number of hydrogen-bond donors (Lipinski definition) is 1. The molecule has 1 saturated heterocycles. The summed E-state index contributed by atoms with van der Waals surface area (Å²) in [6.45, 7) is 4.82. The van der Waals surface area contributed by atoms with Crippen molar-refractivity contribution < 1.29 is 14.2 Å². The Balaban J connectivity index is 1.86. The molecule has 0 aliphatic carbocycles. The lowest BCUT2D eigenvalue weighted by Gasteiger charge is -2.31. The van der Waals surface area contributed by atoms with Gasteiger partial charge in [-0.2, -0.15) is 0 Å². The average Bonchev–Trinajstić information content (AvgIpc) is 2.63. The van der Waals surface area contributed by atoms with E-state index in [1.807, 2.05) is 49.4 Å². The quantitative estimate of drug-likeness (QED) is 0.888. The average molecular weight is 314 g/mol. The normalized spacial score (nSPS) is 19.1. The van der Waals surface area contributed by atoms with Crippen molar-refractivity contribution >= 4 is 0 Å². The number of benzene rings is 1. The van der Waals surface area contributed by atoms with Gasteiger partial charge in [0.1, 0.15) is 6.10 Å². The molecule has 1 aliphatic heterocycles. The maximum atomic E-state index is 6.27. The Morgan fingerprint density at radius 3 is 2.74 bits per heavy atom. The van der Waals surface area contributed by atoms with Gasteiger partial charge in [0.15, 0.2) is 17.6 Å². The zero-order valence-electron chi connectivity index (χ0n) is 13.3. The molecular formula is C18H22N2O3. The first kappa shape index (κ1) is 15.8. The zero-order chi connectivity index (χ0) is 15.9. The van der Waals surface area contributed by atoms with Crippen molar-refractivity contribution in [1.82, 2.24) is 10.3 Å². The molecule has 5 nitrogen and oxygen atoms in total. The Bertz CT molecular complexity index is 600. The van der Waals surface area contributed by atoms with Crippen LogP contribution in [0.3, 0.4) is 0 Å². The van der Waals surface area contributed by atoms with Gasteiger partial charge in [0, 0.05) is 19.3 Å². The lowest BCUT2D eigenvalue weighted by atomic mass is 10.1. The van der Waals surface area contributed by atoms with Gasteiger partial charge in [0.25, 0.3) is 0 Å². The minimum absolute atomic E-state index is 0.0895. The predicted molar refractivity (Wildman–Crippen MR) is 87.8 cm³/mol. The summed E-state index contributed by atoms with van der Waals surface area (Å²) in [7, 11) is 0. The summed E-state index contributed by atoms with van der Waals surface area (Å²) in [6.07, 6.45) is 1.40. The number of nitrogens with one attached hydrogen (secondary N) is 1. The maximum absolute atomic E-state index is 6.27. The van der Waals surface area contributed by atoms with Gasteiger partial charge < -0.3 is 19.5 Å². The van der Waals surface area contributed by atoms with Crippen LogP contribution in [0.5, 0.6) is 11.5 Å². The molecule has 3 rings (SSSR count). The molecule has 0 saturated carbocycles. The molecule has 122 valence electrons. The monoisotopic (exact) mass is 314 g/mol. The number of nitrogens with zero attached hydrogens (tertiary/aromatic N) is 1. The highest BCUT2D eigenvalue weighted by Crippen LogP contribution is 2.33. The molecule has 2 heterocycles. The molecule has 2 atom stereocenters. The molecule has 1 unspecified atom stereocenters. The maximum Gasteiger partial charge on any atom is 0.168 e. The van der Waals surface area contributed by atoms with E-state index in [4.69, 9.17) is 14.2 Å². The van der Waals surface area contributed by atoms with E-state index >= 15 is 0 Å². The van der Waals surface area contributed by atoms with E-state index in [1.54, 1.807) is 6.20 Å². The first-order valence-electron chi connectivity index (χ1n) is 8.00. The van der Waals surface area contributed by atoms with E-state index in [2.05, 4.69) is 10.3 Å². The Hall–Kier alpha value is -2.11. The van der Waals surface area contributed by atoms with E-state index in [0.717, 1.165) is 24.5 Å². The Morgan fingerprint density at radius 1 is 1.22 bits per heavy atom. The molecule has 1 aliphatic rings. The second-order valence-electron chi connectivity index (χ2n) is 5.29. The first-order valence-corrected chi connectivity index (χ1v) is 8.00. The van der Waals surface area contributed by atoms with Gasteiger partial charge in [-0.15, -0.1) is 0 Å². The summed E-state index contributed by atoms with van der Waals surface area (Å²) in [5.41, 5.74) is 0.854. The number of morpholine rings is 1. The van der Waals surface area contributed by atoms with Crippen LogP contribution in [-0.2, 0) is 4.74 Å². The van der Waals surface area contributed by atoms with Crippen LogP contribution in [0.1, 0.15) is 18.7 Å². The van der Waals surface area contributed by atoms with Gasteiger partial charge in [0.2, 0.25) is 0 Å². The molecule has 1 fully saturated rings. The third-order valence-electron chi connectivity index (χ3n) is 3.68. The second kappa shape index (κ2) is 7.94. The summed E-state index contributed by atoms with van der Waals surface area (Å²) in [5, 5.41) is 3.35. The summed E-state index contributed by atoms with van der Waals surface area (Å²) < 4.78 is 17.8. The van der Waals surface area contributed by atoms with Gasteiger partial charge in [0.05, 0.1) is 18.9 Å². The molecule has 0 amide bonds. The third-order valence-corrected chi connectivity index (χ3v) is 3.68. The van der Waals surface area contributed by atoms with Crippen LogP contribution < -0.4 is 14.8 Å². The van der Waals surface area contributed by atoms with Gasteiger partial charge in [-0.1, -0.05) is 18.2 Å². The molecular weight excluding hydrogens is 292 g/mol. The number of aromatic nitrogens is 1. The smallest absolute Gasteiger partial charge is 0.168 e. The Kier molecular flexibility index (Phi) is 5.45. The van der Waals surface area contributed by atoms with Crippen LogP contribution in [0.25, 0.3) is 0 Å². The first-order chi connectivity index (χ1) is 11.4. The van der Waals surface area contributed by atoms with Crippen molar-refractivity contribution in [2.75, 3.05) is 26.3 Å². The SMILES string of the molecule is CCOc1ccccc1O[C@H](c1ccccn1)C1CNCCO1. The van der Waals surface area contributed by atoms with Crippen molar-refractivity contribution in [2.24, 2.45) is 0 Å². The van der Waals surface area contributed by atoms with Crippen LogP contribution >= 0.6 is 0 Å². The lowest BCUT2D eigenvalue weighted by Crippen LogP contribution is -2.43. The van der Waals surface area contributed by atoms with Crippen molar-refractivity contribution in [1.29, 1.82) is 0 Å². The van der Waals surface area contributed by atoms with E-state index in [9.17, 15) is 0 Å². The molecule has 0 spiro atoms. The number of hydrogen-bond acceptors (Lipinski definition) is 5. The van der Waals surface area contributed by atoms with Crippen molar-refractivity contribution in [3.8, 4) is 11.5 Å². The minimum Gasteiger partial charge on any atom is -0.490 e. The highest BCUT2D eigenvalue weighted by molar-refractivity contribution is 5.40. The topological polar surface area (TPSA) is 52.6 Å². The van der Waals surface area contributed by atoms with Gasteiger partial charge in [-0.25, -0.2) is 0 Å². The molecule has 2 aromatic rings. The van der Waals surface area contributed by atoms with Gasteiger partial charge in [-0.3, -0.25) is 4.98 Å². The highest BCUT2D eigenvalue weighted by Gasteiger charge is 2.29. The summed E-state index contributed by atoms with van der Waals surface area (Å²) in [6, 6.07) is 13.5. The van der Waals surface area contributed by atoms with E-state index in [0.29, 0.717) is 19.0 Å². The fourth-order valence-corrected chi connectivity index (χ4v) is 2.61. The standard InChI is InChI=1S/C18H22N2O3/c1-2-21-15-8-3-4-9-16(15)23-18(14-7-5-6-10-20-14)17-13-19-11-12-22-17/h3-10,17-19H,2,11-13H2,1H3/t17?,18-/m1/s1. The zero-order valence-corrected chi connectivity index (χ0v) is 13.3. The number of rotatable bonds is 6. The van der Waals surface area contributed by atoms with Crippen LogP contribution in [0.2, 0.25) is 0 Å². The van der Waals surface area contributed by atoms with E-state index < -0.39 is 0 Å². The highest BCUT2D eigenvalue weighted by atomic mass is 16.6. The Labute approximate surface area is 136 Å². The van der Waals surface area contributed by atoms with Crippen LogP contribution in [0.4, 0.5) is 0 Å². The van der Waals surface area contributed by atoms with Gasteiger partial charge >= 0.3 is 0 Å². The number of para-hydroxylation sites is 2. The third kappa shape index (κ3) is 4.00. The predicted octanol–water partition coefficient (Wildman–Crippen LogP) is 2.59. The van der Waals surface area contributed by atoms with Crippen LogP contribution in [0.15, 0.2) is 48.7 Å². The molecule has 5 heteroatoms. The second-order valence-corrected chi connectivity index (χ2v) is 5.29. The Morgan fingerprint density at radius 2 is 2.04 bits per heavy atom. The number of ether oxygens (including phenoxy) is 3. The van der Waals surface area contributed by atoms with Gasteiger partial charge in [-0.05, 0) is 31.2 Å². The largest absolute Gasteiger partial charge is 0.490 e. The molecule has 1 aromatic heterocycles. The molecule has 1 N–H and O–H groups in total. The van der Waals surface area contributed by atoms with Crippen molar-refractivity contribution in [3.63, 3.8) is 0 Å². The molecule has 0 radical (unpaired) electrons. The fourth-order valence-electron chi connectivity index (χ4n) is 2.61. The summed E-state index contributed by atoms with van der Waals surface area (Å²) >= 11 is 0. The van der Waals surface area contributed by atoms with Crippen molar-refractivity contribution in [2.45, 2.75) is 19.1 Å². The lowest BCUT2D eigenvalue weighted by molar-refractivity contribution is -0.0453. The van der Waals surface area contributed by atoms with E-state index in [-0.39, 0.29) is 12.2 Å². The molecule has 23 heavy (non-hydrogen) atoms. The summed E-state index contributed by atoms with van der Waals surface area (Å²) in [4.78, 5) is 4.45. The van der Waals surface area contributed by atoms with Crippen LogP contribution in [0, 0.1) is 0 Å². The number of pyridine rings is 1. The minimum atomic E-state index is -0.286. The van der Waals surface area contributed by atoms with Crippen molar-refractivity contribution in [3.05, 3.63) is 54.4 Å². The molecule has 1 aromatic carbocycles. The molecule has 0 bridgehead atoms. The summed E-state index contributed by atoms with van der Waals surface area (Å²) in [5.74, 6) is 1.44. The fraction of sp³-hybridized carbons (Fsp3) is 0.389. The van der Waals surface area contributed by atoms with E-state index in [1.165, 1.54) is 0 Å².